The van der Waals surface area contributed by atoms with Gasteiger partial charge in [-0.3, -0.25) is 4.90 Å². The fourth-order valence-electron chi connectivity index (χ4n) is 3.56. The van der Waals surface area contributed by atoms with Crippen LogP contribution in [0, 0.1) is 0 Å². The summed E-state index contributed by atoms with van der Waals surface area (Å²) in [5.41, 5.74) is 0. The highest BCUT2D eigenvalue weighted by Crippen LogP contribution is 2.23. The molecule has 2 saturated heterocycles. The Kier molecular flexibility index (Phi) is 4.97. The highest BCUT2D eigenvalue weighted by atomic mass is 16.5. The minimum atomic E-state index is 0.468. The van der Waals surface area contributed by atoms with Gasteiger partial charge in [-0.25, -0.2) is 0 Å². The van der Waals surface area contributed by atoms with Crippen LogP contribution in [-0.4, -0.2) is 73.9 Å². The van der Waals surface area contributed by atoms with Crippen LogP contribution in [-0.2, 0) is 4.74 Å². The average Bonchev–Trinajstić information content (AvgIpc) is 3.18. The minimum Gasteiger partial charge on any atom is -0.372 e. The van der Waals surface area contributed by atoms with E-state index in [1.54, 1.807) is 0 Å². The van der Waals surface area contributed by atoms with Crippen molar-refractivity contribution in [3.63, 3.8) is 0 Å². The number of hydrogen-bond acceptors (Lipinski definition) is 4. The largest absolute Gasteiger partial charge is 0.372 e. The number of piperazine rings is 1. The molecule has 2 heterocycles. The van der Waals surface area contributed by atoms with E-state index in [0.717, 1.165) is 25.2 Å². The molecule has 3 atom stereocenters. The lowest BCUT2D eigenvalue weighted by Crippen LogP contribution is -2.52. The molecular formula is C16H31N3O. The fraction of sp³-hybridized carbons (Fsp3) is 1.00. The van der Waals surface area contributed by atoms with Crippen molar-refractivity contribution >= 4 is 0 Å². The van der Waals surface area contributed by atoms with Crippen molar-refractivity contribution in [1.82, 2.24) is 15.1 Å². The third-order valence-electron chi connectivity index (χ3n) is 5.20. The molecule has 3 fully saturated rings. The highest BCUT2D eigenvalue weighted by Gasteiger charge is 2.31. The van der Waals surface area contributed by atoms with Gasteiger partial charge in [-0.15, -0.1) is 0 Å². The molecule has 0 aromatic heterocycles. The molecule has 3 aliphatic rings. The van der Waals surface area contributed by atoms with Crippen molar-refractivity contribution in [2.75, 3.05) is 39.8 Å². The second-order valence-electron chi connectivity index (χ2n) is 6.94. The number of likely N-dealkylation sites (N-methyl/N-ethyl adjacent to an activating group) is 1. The normalized spacial score (nSPS) is 36.6. The molecule has 3 rings (SSSR count). The smallest absolute Gasteiger partial charge is 0.0707 e. The second kappa shape index (κ2) is 6.73. The summed E-state index contributed by atoms with van der Waals surface area (Å²) in [5, 5.41) is 3.60. The molecule has 0 bridgehead atoms. The maximum Gasteiger partial charge on any atom is 0.0707 e. The Bertz CT molecular complexity index is 308. The number of hydrogen-bond donors (Lipinski definition) is 1. The third kappa shape index (κ3) is 3.94. The van der Waals surface area contributed by atoms with Crippen molar-refractivity contribution in [2.24, 2.45) is 0 Å². The summed E-state index contributed by atoms with van der Waals surface area (Å²) < 4.78 is 6.22. The van der Waals surface area contributed by atoms with E-state index in [1.807, 2.05) is 0 Å². The Balaban J connectivity index is 1.37. The predicted octanol–water partition coefficient (Wildman–Crippen LogP) is 1.31. The van der Waals surface area contributed by atoms with E-state index in [9.17, 15) is 0 Å². The van der Waals surface area contributed by atoms with Crippen molar-refractivity contribution in [3.8, 4) is 0 Å². The maximum atomic E-state index is 6.22. The molecule has 1 N–H and O–H groups in total. The maximum absolute atomic E-state index is 6.22. The molecule has 4 nitrogen and oxygen atoms in total. The Labute approximate surface area is 123 Å². The topological polar surface area (TPSA) is 27.7 Å². The van der Waals surface area contributed by atoms with Crippen LogP contribution in [0.2, 0.25) is 0 Å². The van der Waals surface area contributed by atoms with E-state index < -0.39 is 0 Å². The van der Waals surface area contributed by atoms with Crippen molar-refractivity contribution in [2.45, 2.75) is 63.3 Å². The summed E-state index contributed by atoms with van der Waals surface area (Å²) in [4.78, 5) is 5.13. The molecule has 3 unspecified atom stereocenters. The SMILES string of the molecule is CCC1CN(CC2CCC(CNC3CC3)O2)CCN1C. The van der Waals surface area contributed by atoms with Crippen LogP contribution in [0.5, 0.6) is 0 Å². The summed E-state index contributed by atoms with van der Waals surface area (Å²) in [6.07, 6.45) is 7.44. The second-order valence-corrected chi connectivity index (χ2v) is 6.94. The third-order valence-corrected chi connectivity index (χ3v) is 5.20. The van der Waals surface area contributed by atoms with Crippen LogP contribution in [0.4, 0.5) is 0 Å². The minimum absolute atomic E-state index is 0.468. The van der Waals surface area contributed by atoms with Gasteiger partial charge in [0.25, 0.3) is 0 Å². The number of nitrogens with zero attached hydrogens (tertiary/aromatic N) is 2. The molecule has 0 aromatic rings. The number of nitrogens with one attached hydrogen (secondary N) is 1. The van der Waals surface area contributed by atoms with Crippen molar-refractivity contribution in [1.29, 1.82) is 0 Å². The first-order valence-corrected chi connectivity index (χ1v) is 8.56. The molecule has 0 amide bonds. The molecule has 0 radical (unpaired) electrons. The van der Waals surface area contributed by atoms with Gasteiger partial charge in [0, 0.05) is 44.8 Å². The Morgan fingerprint density at radius 1 is 1.10 bits per heavy atom. The lowest BCUT2D eigenvalue weighted by atomic mass is 10.1. The van der Waals surface area contributed by atoms with E-state index in [4.69, 9.17) is 4.74 Å². The summed E-state index contributed by atoms with van der Waals surface area (Å²) >= 11 is 0. The zero-order valence-corrected chi connectivity index (χ0v) is 13.2. The van der Waals surface area contributed by atoms with Crippen LogP contribution in [0.1, 0.15) is 39.0 Å². The van der Waals surface area contributed by atoms with Gasteiger partial charge in [-0.1, -0.05) is 6.92 Å². The molecule has 2 aliphatic heterocycles. The van der Waals surface area contributed by atoms with Crippen LogP contribution in [0.25, 0.3) is 0 Å². The number of rotatable bonds is 6. The zero-order chi connectivity index (χ0) is 13.9. The van der Waals surface area contributed by atoms with Crippen LogP contribution < -0.4 is 5.32 Å². The van der Waals surface area contributed by atoms with E-state index in [-0.39, 0.29) is 0 Å². The monoisotopic (exact) mass is 281 g/mol. The molecule has 0 aromatic carbocycles. The lowest BCUT2D eigenvalue weighted by Gasteiger charge is -2.40. The first kappa shape index (κ1) is 14.8. The molecule has 4 heteroatoms. The highest BCUT2D eigenvalue weighted by molar-refractivity contribution is 4.86. The predicted molar refractivity (Wildman–Crippen MR) is 82.1 cm³/mol. The summed E-state index contributed by atoms with van der Waals surface area (Å²) in [6, 6.07) is 1.54. The quantitative estimate of drug-likeness (QED) is 0.794. The Morgan fingerprint density at radius 2 is 1.90 bits per heavy atom. The Morgan fingerprint density at radius 3 is 2.65 bits per heavy atom. The van der Waals surface area contributed by atoms with Gasteiger partial charge in [0.15, 0.2) is 0 Å². The zero-order valence-electron chi connectivity index (χ0n) is 13.2. The van der Waals surface area contributed by atoms with Gasteiger partial charge in [0.1, 0.15) is 0 Å². The first-order valence-electron chi connectivity index (χ1n) is 8.56. The summed E-state index contributed by atoms with van der Waals surface area (Å²) in [6.45, 7) is 8.15. The van der Waals surface area contributed by atoms with E-state index in [1.165, 1.54) is 51.7 Å². The van der Waals surface area contributed by atoms with Gasteiger partial charge < -0.3 is 15.0 Å². The van der Waals surface area contributed by atoms with Crippen LogP contribution in [0.15, 0.2) is 0 Å². The molecule has 0 spiro atoms. The van der Waals surface area contributed by atoms with Crippen LogP contribution in [0.3, 0.4) is 0 Å². The van der Waals surface area contributed by atoms with Gasteiger partial charge in [-0.05, 0) is 39.2 Å². The van der Waals surface area contributed by atoms with Crippen LogP contribution >= 0.6 is 0 Å². The number of ether oxygens (including phenoxy) is 1. The van der Waals surface area contributed by atoms with Crippen molar-refractivity contribution in [3.05, 3.63) is 0 Å². The average molecular weight is 281 g/mol. The summed E-state index contributed by atoms with van der Waals surface area (Å²) in [5.74, 6) is 0. The molecule has 1 saturated carbocycles. The van der Waals surface area contributed by atoms with Gasteiger partial charge in [-0.2, -0.15) is 0 Å². The standard InChI is InChI=1S/C16H31N3O/c1-3-14-11-19(9-8-18(14)2)12-16-7-6-15(20-16)10-17-13-4-5-13/h13-17H,3-12H2,1-2H3. The first-order chi connectivity index (χ1) is 9.74. The molecule has 116 valence electrons. The van der Waals surface area contributed by atoms with Crippen molar-refractivity contribution < 1.29 is 4.74 Å². The van der Waals surface area contributed by atoms with E-state index in [2.05, 4.69) is 29.1 Å². The lowest BCUT2D eigenvalue weighted by molar-refractivity contribution is 0.00472. The molecule has 1 aliphatic carbocycles. The fourth-order valence-corrected chi connectivity index (χ4v) is 3.56. The van der Waals surface area contributed by atoms with Gasteiger partial charge >= 0.3 is 0 Å². The van der Waals surface area contributed by atoms with E-state index >= 15 is 0 Å². The van der Waals surface area contributed by atoms with Gasteiger partial charge in [0.05, 0.1) is 12.2 Å². The molecular weight excluding hydrogens is 250 g/mol. The Hall–Kier alpha value is -0.160. The molecule has 20 heavy (non-hydrogen) atoms. The van der Waals surface area contributed by atoms with Gasteiger partial charge in [0.2, 0.25) is 0 Å². The van der Waals surface area contributed by atoms with E-state index in [0.29, 0.717) is 12.2 Å². The summed E-state index contributed by atoms with van der Waals surface area (Å²) in [7, 11) is 2.26.